The Morgan fingerprint density at radius 2 is 1.88 bits per heavy atom. The molecular weight excluding hydrogens is 317 g/mol. The predicted molar refractivity (Wildman–Crippen MR) is 78.3 cm³/mol. The molecule has 0 saturated carbocycles. The molecule has 0 N–H and O–H groups in total. The molecule has 1 aromatic rings. The lowest BCUT2D eigenvalue weighted by Crippen LogP contribution is -2.49. The zero-order chi connectivity index (χ0) is 16.5. The van der Waals surface area contributed by atoms with Gasteiger partial charge in [0, 0.05) is 0 Å². The summed E-state index contributed by atoms with van der Waals surface area (Å²) in [4.78, 5) is 26.8. The van der Waals surface area contributed by atoms with Crippen molar-refractivity contribution < 1.29 is 28.2 Å². The van der Waals surface area contributed by atoms with Gasteiger partial charge in [-0.25, -0.2) is 9.29 Å². The molecule has 3 fully saturated rings. The summed E-state index contributed by atoms with van der Waals surface area (Å²) in [6, 6.07) is 5.76. The number of hydrogen-bond acceptors (Lipinski definition) is 5. The second-order valence-electron chi connectivity index (χ2n) is 6.34. The fraction of sp³-hybridized carbons (Fsp3) is 0.412. The van der Waals surface area contributed by atoms with Crippen molar-refractivity contribution in [3.05, 3.63) is 42.2 Å². The summed E-state index contributed by atoms with van der Waals surface area (Å²) in [6.07, 6.45) is 2.27. The number of para-hydroxylation sites is 1. The Morgan fingerprint density at radius 3 is 2.62 bits per heavy atom. The van der Waals surface area contributed by atoms with E-state index >= 15 is 0 Å². The zero-order valence-electron chi connectivity index (χ0n) is 12.6. The first kappa shape index (κ1) is 14.3. The highest BCUT2D eigenvalue weighted by Gasteiger charge is 2.71. The van der Waals surface area contributed by atoms with Crippen LogP contribution in [0, 0.1) is 17.7 Å². The maximum Gasteiger partial charge on any atom is 0.241 e. The molecule has 24 heavy (non-hydrogen) atoms. The molecule has 5 rings (SSSR count). The Kier molecular flexibility index (Phi) is 2.81. The maximum absolute atomic E-state index is 14.1. The van der Waals surface area contributed by atoms with Crippen LogP contribution >= 0.6 is 0 Å². The van der Waals surface area contributed by atoms with Crippen LogP contribution in [0.3, 0.4) is 0 Å². The second kappa shape index (κ2) is 4.72. The van der Waals surface area contributed by atoms with Crippen LogP contribution in [-0.4, -0.2) is 43.0 Å². The van der Waals surface area contributed by atoms with E-state index in [9.17, 15) is 14.0 Å². The highest BCUT2D eigenvalue weighted by molar-refractivity contribution is 6.23. The number of carbonyl (C=O) groups excluding carboxylic acids is 2. The Bertz CT molecular complexity index is 774. The van der Waals surface area contributed by atoms with Gasteiger partial charge in [-0.2, -0.15) is 0 Å². The highest BCUT2D eigenvalue weighted by Crippen LogP contribution is 2.55. The Morgan fingerprint density at radius 1 is 1.12 bits per heavy atom. The van der Waals surface area contributed by atoms with Gasteiger partial charge in [0.1, 0.15) is 5.82 Å². The summed E-state index contributed by atoms with van der Waals surface area (Å²) < 4.78 is 31.2. The minimum absolute atomic E-state index is 0.0234. The number of ether oxygens (including phenoxy) is 3. The monoisotopic (exact) mass is 331 g/mol. The van der Waals surface area contributed by atoms with Gasteiger partial charge in [-0.15, -0.1) is 0 Å². The van der Waals surface area contributed by atoms with Crippen LogP contribution in [0.25, 0.3) is 0 Å². The number of carbonyl (C=O) groups is 2. The number of hydrogen-bond donors (Lipinski definition) is 0. The molecule has 2 amide bonds. The number of rotatable bonds is 2. The summed E-state index contributed by atoms with van der Waals surface area (Å²) in [5.41, 5.74) is -1.14. The number of halogens is 1. The summed E-state index contributed by atoms with van der Waals surface area (Å²) in [5.74, 6) is -2.95. The average Bonchev–Trinajstić information content (AvgIpc) is 3.33. The van der Waals surface area contributed by atoms with Gasteiger partial charge in [-0.3, -0.25) is 9.59 Å². The molecule has 0 aromatic heterocycles. The van der Waals surface area contributed by atoms with E-state index in [1.165, 1.54) is 18.2 Å². The van der Waals surface area contributed by atoms with Gasteiger partial charge in [0.25, 0.3) is 0 Å². The molecule has 1 aromatic carbocycles. The first-order valence-corrected chi connectivity index (χ1v) is 7.86. The van der Waals surface area contributed by atoms with E-state index in [1.807, 2.05) is 0 Å². The van der Waals surface area contributed by atoms with E-state index in [1.54, 1.807) is 18.2 Å². The third kappa shape index (κ3) is 1.59. The van der Waals surface area contributed by atoms with Crippen molar-refractivity contribution in [3.8, 4) is 0 Å². The first-order chi connectivity index (χ1) is 11.6. The third-order valence-corrected chi connectivity index (χ3v) is 5.16. The van der Waals surface area contributed by atoms with E-state index < -0.39 is 47.5 Å². The van der Waals surface area contributed by atoms with Gasteiger partial charge < -0.3 is 14.2 Å². The van der Waals surface area contributed by atoms with Crippen LogP contribution in [0.4, 0.5) is 10.1 Å². The van der Waals surface area contributed by atoms with Crippen molar-refractivity contribution in [1.82, 2.24) is 0 Å². The number of amides is 2. The van der Waals surface area contributed by atoms with Crippen molar-refractivity contribution in [1.29, 1.82) is 0 Å². The minimum atomic E-state index is -1.11. The average molecular weight is 331 g/mol. The van der Waals surface area contributed by atoms with E-state index in [-0.39, 0.29) is 5.69 Å². The summed E-state index contributed by atoms with van der Waals surface area (Å²) >= 11 is 0. The van der Waals surface area contributed by atoms with Gasteiger partial charge in [0.15, 0.2) is 11.9 Å². The largest absolute Gasteiger partial charge is 0.357 e. The normalized spacial score (nSPS) is 37.7. The van der Waals surface area contributed by atoms with E-state index in [2.05, 4.69) is 0 Å². The van der Waals surface area contributed by atoms with Gasteiger partial charge in [0.05, 0.1) is 36.8 Å². The summed E-state index contributed by atoms with van der Waals surface area (Å²) in [6.45, 7) is 0.815. The molecular formula is C17H14FNO5. The molecule has 7 heteroatoms. The molecule has 4 aliphatic heterocycles. The predicted octanol–water partition coefficient (Wildman–Crippen LogP) is 1.01. The Balaban J connectivity index is 1.59. The quantitative estimate of drug-likeness (QED) is 0.598. The SMILES string of the molecule is O=C1[C@H]2[C@@H](C(=O)N1c1ccccc1F)[C@@]1(C3OCCO3)C=C[C@H]2O1. The fourth-order valence-electron chi connectivity index (χ4n) is 4.20. The van der Waals surface area contributed by atoms with Gasteiger partial charge >= 0.3 is 0 Å². The lowest BCUT2D eigenvalue weighted by atomic mass is 9.76. The number of anilines is 1. The molecule has 6 nitrogen and oxygen atoms in total. The highest BCUT2D eigenvalue weighted by atomic mass is 19.1. The van der Waals surface area contributed by atoms with E-state index in [0.717, 1.165) is 4.90 Å². The Hall–Kier alpha value is -2.09. The van der Waals surface area contributed by atoms with Crippen molar-refractivity contribution >= 4 is 17.5 Å². The van der Waals surface area contributed by atoms with Crippen LogP contribution in [-0.2, 0) is 23.8 Å². The smallest absolute Gasteiger partial charge is 0.241 e. The topological polar surface area (TPSA) is 65.1 Å². The van der Waals surface area contributed by atoms with Crippen LogP contribution in [0.15, 0.2) is 36.4 Å². The van der Waals surface area contributed by atoms with E-state index in [0.29, 0.717) is 13.2 Å². The molecule has 124 valence electrons. The van der Waals surface area contributed by atoms with Crippen molar-refractivity contribution in [2.75, 3.05) is 18.1 Å². The third-order valence-electron chi connectivity index (χ3n) is 5.16. The molecule has 3 saturated heterocycles. The van der Waals surface area contributed by atoms with Crippen LogP contribution in [0.2, 0.25) is 0 Å². The fourth-order valence-corrected chi connectivity index (χ4v) is 4.20. The summed E-state index contributed by atoms with van der Waals surface area (Å²) in [5, 5.41) is 0. The van der Waals surface area contributed by atoms with Crippen LogP contribution < -0.4 is 4.90 Å². The zero-order valence-corrected chi connectivity index (χ0v) is 12.6. The summed E-state index contributed by atoms with van der Waals surface area (Å²) in [7, 11) is 0. The second-order valence-corrected chi connectivity index (χ2v) is 6.34. The lowest BCUT2D eigenvalue weighted by Gasteiger charge is -2.32. The number of nitrogens with zero attached hydrogens (tertiary/aromatic N) is 1. The number of benzene rings is 1. The van der Waals surface area contributed by atoms with Gasteiger partial charge in [-0.1, -0.05) is 18.2 Å². The van der Waals surface area contributed by atoms with Gasteiger partial charge in [0.2, 0.25) is 11.8 Å². The van der Waals surface area contributed by atoms with Gasteiger partial charge in [-0.05, 0) is 18.2 Å². The van der Waals surface area contributed by atoms with Crippen LogP contribution in [0.5, 0.6) is 0 Å². The van der Waals surface area contributed by atoms with Crippen molar-refractivity contribution in [2.45, 2.75) is 18.0 Å². The molecule has 4 atom stereocenters. The molecule has 0 radical (unpaired) electrons. The van der Waals surface area contributed by atoms with Crippen LogP contribution in [0.1, 0.15) is 0 Å². The molecule has 4 aliphatic rings. The number of fused-ring (bicyclic) bond motifs is 5. The molecule has 0 unspecified atom stereocenters. The number of imide groups is 1. The maximum atomic E-state index is 14.1. The van der Waals surface area contributed by atoms with Crippen molar-refractivity contribution in [2.24, 2.45) is 11.8 Å². The molecule has 0 spiro atoms. The Labute approximate surface area is 136 Å². The standard InChI is InChI=1S/C17H14FNO5/c18-9-3-1-2-4-10(9)19-14(20)12-11-5-6-17(24-11,13(12)15(19)21)16-22-7-8-23-16/h1-6,11-13,16H,7-8H2/t11-,12-,13+,17-/m1/s1. The van der Waals surface area contributed by atoms with E-state index in [4.69, 9.17) is 14.2 Å². The molecule has 2 bridgehead atoms. The molecule has 0 aliphatic carbocycles. The minimum Gasteiger partial charge on any atom is -0.357 e. The molecule has 4 heterocycles. The lowest BCUT2D eigenvalue weighted by molar-refractivity contribution is -0.180. The first-order valence-electron chi connectivity index (χ1n) is 7.86. The van der Waals surface area contributed by atoms with Crippen molar-refractivity contribution in [3.63, 3.8) is 0 Å².